The minimum Gasteiger partial charge on any atom is -0.756 e. The number of quaternary nitrogens is 1. The summed E-state index contributed by atoms with van der Waals surface area (Å²) in [5, 5.41) is 20.7. The van der Waals surface area contributed by atoms with Crippen LogP contribution in [0.5, 0.6) is 0 Å². The Morgan fingerprint density at radius 3 is 2.03 bits per heavy atom. The second kappa shape index (κ2) is 33.4. The van der Waals surface area contributed by atoms with Crippen molar-refractivity contribution in [1.29, 1.82) is 0 Å². The average Bonchev–Trinajstić information content (AvgIpc) is 3.44. The molecule has 1 aliphatic carbocycles. The van der Waals surface area contributed by atoms with E-state index in [1.165, 1.54) is 51.4 Å². The van der Waals surface area contributed by atoms with Crippen LogP contribution in [0.2, 0.25) is 0 Å². The van der Waals surface area contributed by atoms with Crippen molar-refractivity contribution in [2.24, 2.45) is 11.8 Å². The van der Waals surface area contributed by atoms with Gasteiger partial charge in [-0.15, -0.1) is 0 Å². The molecule has 1 fully saturated rings. The summed E-state index contributed by atoms with van der Waals surface area (Å²) in [7, 11) is 1.02. The Labute approximate surface area is 357 Å². The highest BCUT2D eigenvalue weighted by Gasteiger charge is 2.39. The lowest BCUT2D eigenvalue weighted by Gasteiger charge is -2.28. The van der Waals surface area contributed by atoms with Crippen molar-refractivity contribution in [3.63, 3.8) is 0 Å². The molecule has 0 aromatic carbocycles. The molecule has 0 heterocycles. The molecule has 0 aliphatic heterocycles. The Morgan fingerprint density at radius 2 is 1.37 bits per heavy atom. The number of allylic oxidation sites excluding steroid dienone is 5. The minimum absolute atomic E-state index is 0.0288. The van der Waals surface area contributed by atoms with Crippen molar-refractivity contribution < 1.29 is 57.1 Å². The Kier molecular flexibility index (Phi) is 31.1. The Morgan fingerprint density at radius 1 is 0.797 bits per heavy atom. The number of esters is 2. The fraction of sp³-hybridized carbons (Fsp3) is 0.804. The molecule has 1 aliphatic rings. The van der Waals surface area contributed by atoms with Gasteiger partial charge in [0.15, 0.2) is 6.10 Å². The number of ketones is 1. The predicted molar refractivity (Wildman–Crippen MR) is 232 cm³/mol. The monoisotopic (exact) mass is 856 g/mol. The van der Waals surface area contributed by atoms with Gasteiger partial charge in [0.1, 0.15) is 25.5 Å². The van der Waals surface area contributed by atoms with Crippen LogP contribution in [-0.4, -0.2) is 98.2 Å². The van der Waals surface area contributed by atoms with Crippen molar-refractivity contribution in [3.8, 4) is 0 Å². The summed E-state index contributed by atoms with van der Waals surface area (Å²) in [6, 6.07) is 0. The molecule has 12 nitrogen and oxygen atoms in total. The maximum Gasteiger partial charge on any atom is 0.306 e. The molecule has 0 radical (unpaired) electrons. The molecule has 342 valence electrons. The van der Waals surface area contributed by atoms with Gasteiger partial charge in [0, 0.05) is 31.1 Å². The van der Waals surface area contributed by atoms with E-state index in [1.54, 1.807) is 12.2 Å². The van der Waals surface area contributed by atoms with Crippen molar-refractivity contribution in [3.05, 3.63) is 36.5 Å². The number of carbonyl (C=O) groups excluding carboxylic acids is 3. The van der Waals surface area contributed by atoms with Gasteiger partial charge in [-0.05, 0) is 57.8 Å². The summed E-state index contributed by atoms with van der Waals surface area (Å²) in [6.07, 6.45) is 29.6. The molecule has 0 aromatic rings. The molecule has 0 spiro atoms. The molecular formula is C46H82NO11P. The lowest BCUT2D eigenvalue weighted by Crippen LogP contribution is -2.37. The molecule has 1 rings (SSSR count). The normalized spacial score (nSPS) is 19.5. The van der Waals surface area contributed by atoms with E-state index >= 15 is 0 Å². The van der Waals surface area contributed by atoms with E-state index in [9.17, 15) is 34.1 Å². The van der Waals surface area contributed by atoms with Gasteiger partial charge in [-0.25, -0.2) is 0 Å². The number of aliphatic hydroxyl groups is 2. The fourth-order valence-electron chi connectivity index (χ4n) is 6.81. The van der Waals surface area contributed by atoms with Crippen LogP contribution in [0.25, 0.3) is 0 Å². The lowest BCUT2D eigenvalue weighted by atomic mass is 9.90. The molecule has 0 amide bonds. The summed E-state index contributed by atoms with van der Waals surface area (Å²) in [5.74, 6) is -1.78. The van der Waals surface area contributed by atoms with Gasteiger partial charge in [0.05, 0.1) is 40.0 Å². The SMILES string of the molecule is CCCCCC/C=C\CCCCCCCCCC(=O)O[C@H](COC(=O)CCC/C=C\C[C@H]1[C@@H](O)CC(=O)[C@@H]1/C=C/[C@@H](O)CCCCC)COP(=O)([O-])OCC[N+](C)(C)C. The first-order chi connectivity index (χ1) is 28.2. The number of hydrogen-bond donors (Lipinski definition) is 2. The predicted octanol–water partition coefficient (Wildman–Crippen LogP) is 8.87. The van der Waals surface area contributed by atoms with Gasteiger partial charge in [0.25, 0.3) is 7.82 Å². The molecule has 2 N–H and O–H groups in total. The molecule has 13 heteroatoms. The van der Waals surface area contributed by atoms with Crippen LogP contribution in [0.3, 0.4) is 0 Å². The zero-order chi connectivity index (χ0) is 43.8. The number of aliphatic hydroxyl groups excluding tert-OH is 2. The van der Waals surface area contributed by atoms with Crippen molar-refractivity contribution in [1.82, 2.24) is 0 Å². The lowest BCUT2D eigenvalue weighted by molar-refractivity contribution is -0.870. The van der Waals surface area contributed by atoms with E-state index in [0.717, 1.165) is 44.9 Å². The van der Waals surface area contributed by atoms with Crippen LogP contribution >= 0.6 is 7.82 Å². The molecule has 1 unspecified atom stereocenters. The Balaban J connectivity index is 2.50. The van der Waals surface area contributed by atoms with E-state index < -0.39 is 50.6 Å². The summed E-state index contributed by atoms with van der Waals surface area (Å²) >= 11 is 0. The zero-order valence-corrected chi connectivity index (χ0v) is 38.3. The molecular weight excluding hydrogens is 773 g/mol. The molecule has 1 saturated carbocycles. The van der Waals surface area contributed by atoms with E-state index in [1.807, 2.05) is 33.3 Å². The third kappa shape index (κ3) is 30.5. The molecule has 0 saturated heterocycles. The van der Waals surface area contributed by atoms with Crippen LogP contribution in [0, 0.1) is 11.8 Å². The molecule has 0 bridgehead atoms. The molecule has 0 aromatic heterocycles. The standard InChI is InChI=1S/C46H82NO11P/c1-6-8-10-11-12-13-14-15-16-17-18-19-20-21-27-31-46(52)58-40(38-57-59(53,54)56-35-34-47(3,4)5)37-55-45(51)30-26-23-22-25-29-41-42(44(50)36-43(41)49)33-32-39(48)28-24-9-7-2/h13-14,22,25,32-33,39-43,48-49H,6-12,15-21,23-24,26-31,34-38H2,1-5H3/b14-13-,25-22-,33-32+/t39-,40+,41+,42+,43-/m0/s1. The minimum atomic E-state index is -4.69. The maximum absolute atomic E-state index is 12.7. The van der Waals surface area contributed by atoms with E-state index in [4.69, 9.17) is 18.5 Å². The number of carbonyl (C=O) groups is 3. The number of likely N-dealkylation sites (N-methyl/N-ethyl adjacent to an activating group) is 1. The van der Waals surface area contributed by atoms with Gasteiger partial charge in [-0.1, -0.05) is 121 Å². The van der Waals surface area contributed by atoms with Crippen LogP contribution in [0.4, 0.5) is 0 Å². The quantitative estimate of drug-likeness (QED) is 0.0201. The van der Waals surface area contributed by atoms with E-state index in [-0.39, 0.29) is 44.2 Å². The fourth-order valence-corrected chi connectivity index (χ4v) is 7.53. The maximum atomic E-state index is 12.7. The van der Waals surface area contributed by atoms with Crippen LogP contribution in [0.1, 0.15) is 162 Å². The average molecular weight is 856 g/mol. The second-order valence-electron chi connectivity index (χ2n) is 17.2. The largest absolute Gasteiger partial charge is 0.756 e. The second-order valence-corrected chi connectivity index (χ2v) is 18.6. The van der Waals surface area contributed by atoms with Gasteiger partial charge in [-0.2, -0.15) is 0 Å². The summed E-state index contributed by atoms with van der Waals surface area (Å²) < 4.78 is 33.8. The number of phosphoric acid groups is 1. The number of nitrogens with zero attached hydrogens (tertiary/aromatic N) is 1. The molecule has 59 heavy (non-hydrogen) atoms. The number of hydrogen-bond acceptors (Lipinski definition) is 11. The van der Waals surface area contributed by atoms with E-state index in [2.05, 4.69) is 26.0 Å². The summed E-state index contributed by atoms with van der Waals surface area (Å²) in [5.41, 5.74) is 0. The van der Waals surface area contributed by atoms with Crippen molar-refractivity contribution in [2.45, 2.75) is 180 Å². The van der Waals surface area contributed by atoms with E-state index in [0.29, 0.717) is 43.1 Å². The van der Waals surface area contributed by atoms with Gasteiger partial charge in [-0.3, -0.25) is 18.9 Å². The molecule has 6 atom stereocenters. The first kappa shape index (κ1) is 54.8. The summed E-state index contributed by atoms with van der Waals surface area (Å²) in [4.78, 5) is 50.3. The number of unbranched alkanes of at least 4 members (excludes halogenated alkanes) is 14. The summed E-state index contributed by atoms with van der Waals surface area (Å²) in [6.45, 7) is 3.79. The van der Waals surface area contributed by atoms with Gasteiger partial charge >= 0.3 is 11.9 Å². The number of ether oxygens (including phenoxy) is 2. The van der Waals surface area contributed by atoms with Crippen LogP contribution in [0.15, 0.2) is 36.5 Å². The topological polar surface area (TPSA) is 169 Å². The number of phosphoric ester groups is 1. The third-order valence-electron chi connectivity index (χ3n) is 10.5. The smallest absolute Gasteiger partial charge is 0.306 e. The van der Waals surface area contributed by atoms with Crippen molar-refractivity contribution >= 4 is 25.5 Å². The van der Waals surface area contributed by atoms with Crippen LogP contribution < -0.4 is 4.89 Å². The highest BCUT2D eigenvalue weighted by Crippen LogP contribution is 2.38. The van der Waals surface area contributed by atoms with Gasteiger partial charge < -0.3 is 38.1 Å². The third-order valence-corrected chi connectivity index (χ3v) is 11.5. The number of rotatable bonds is 37. The first-order valence-electron chi connectivity index (χ1n) is 22.8. The zero-order valence-electron chi connectivity index (χ0n) is 37.4. The first-order valence-corrected chi connectivity index (χ1v) is 24.3. The van der Waals surface area contributed by atoms with Crippen molar-refractivity contribution in [2.75, 3.05) is 47.5 Å². The number of Topliss-reactive ketones (excluding diaryl/α,β-unsaturated/α-hetero) is 1. The Hall–Kier alpha value is -2.18. The van der Waals surface area contributed by atoms with Gasteiger partial charge in [0.2, 0.25) is 0 Å². The Bertz CT molecular complexity index is 1260. The highest BCUT2D eigenvalue weighted by molar-refractivity contribution is 7.45. The highest BCUT2D eigenvalue weighted by atomic mass is 31.2. The van der Waals surface area contributed by atoms with Crippen LogP contribution in [-0.2, 0) is 37.5 Å².